The van der Waals surface area contributed by atoms with E-state index >= 15 is 0 Å². The third-order valence-corrected chi connectivity index (χ3v) is 5.87. The number of ether oxygens (including phenoxy) is 1. The number of benzene rings is 4. The Morgan fingerprint density at radius 3 is 2.52 bits per heavy atom. The van der Waals surface area contributed by atoms with E-state index < -0.39 is 0 Å². The molecule has 0 spiro atoms. The second kappa shape index (κ2) is 8.23. The summed E-state index contributed by atoms with van der Waals surface area (Å²) < 4.78 is 19.5. The van der Waals surface area contributed by atoms with Crippen molar-refractivity contribution >= 4 is 16.7 Å². The van der Waals surface area contributed by atoms with Gasteiger partial charge in [-0.15, -0.1) is 0 Å². The van der Waals surface area contributed by atoms with Gasteiger partial charge in [0.1, 0.15) is 18.2 Å². The van der Waals surface area contributed by atoms with Gasteiger partial charge in [-0.1, -0.05) is 66.7 Å². The van der Waals surface area contributed by atoms with Crippen molar-refractivity contribution in [2.75, 3.05) is 6.61 Å². The quantitative estimate of drug-likeness (QED) is 0.436. The number of nitrogens with zero attached hydrogens (tertiary/aromatic N) is 1. The van der Waals surface area contributed by atoms with Crippen molar-refractivity contribution in [3.63, 3.8) is 0 Å². The van der Waals surface area contributed by atoms with E-state index in [2.05, 4.69) is 12.1 Å². The molecule has 1 heterocycles. The molecule has 0 N–H and O–H groups in total. The Morgan fingerprint density at radius 1 is 0.903 bits per heavy atom. The molecule has 1 atom stereocenters. The molecule has 0 saturated heterocycles. The second-order valence-electron chi connectivity index (χ2n) is 7.85. The summed E-state index contributed by atoms with van der Waals surface area (Å²) in [6, 6.07) is 27.9. The second-order valence-corrected chi connectivity index (χ2v) is 7.85. The van der Waals surface area contributed by atoms with Gasteiger partial charge in [-0.05, 0) is 46.5 Å². The molecule has 0 fully saturated rings. The maximum Gasteiger partial charge on any atom is 0.255 e. The summed E-state index contributed by atoms with van der Waals surface area (Å²) in [5.41, 5.74) is 3.06. The van der Waals surface area contributed by atoms with Crippen LogP contribution in [0.4, 0.5) is 4.39 Å². The third-order valence-electron chi connectivity index (χ3n) is 5.87. The summed E-state index contributed by atoms with van der Waals surface area (Å²) in [5.74, 6) is 0.116. The molecule has 4 aromatic carbocycles. The molecular weight excluding hydrogens is 389 g/mol. The number of amides is 1. The molecule has 5 rings (SSSR count). The molecule has 1 unspecified atom stereocenters. The van der Waals surface area contributed by atoms with Crippen LogP contribution in [0.5, 0.6) is 5.75 Å². The van der Waals surface area contributed by atoms with Gasteiger partial charge in [-0.3, -0.25) is 4.79 Å². The number of hydrogen-bond acceptors (Lipinski definition) is 2. The number of rotatable bonds is 4. The Balaban J connectivity index is 1.48. The van der Waals surface area contributed by atoms with Crippen LogP contribution in [0, 0.1) is 5.82 Å². The standard InChI is InChI=1S/C27H22FNO2/c28-22-11-6-12-24(16-22)31-18-23-15-20-8-1-2-9-21(20)17-29(23)27(30)26-14-5-10-19-7-3-4-13-25(19)26/h1-14,16,23H,15,17-18H2. The van der Waals surface area contributed by atoms with Gasteiger partial charge in [0.25, 0.3) is 5.91 Å². The lowest BCUT2D eigenvalue weighted by Gasteiger charge is -2.37. The van der Waals surface area contributed by atoms with Crippen LogP contribution in [-0.4, -0.2) is 23.5 Å². The molecule has 1 aliphatic heterocycles. The van der Waals surface area contributed by atoms with Crippen LogP contribution in [0.1, 0.15) is 21.5 Å². The van der Waals surface area contributed by atoms with Crippen LogP contribution < -0.4 is 4.74 Å². The van der Waals surface area contributed by atoms with Gasteiger partial charge in [0.2, 0.25) is 0 Å². The minimum Gasteiger partial charge on any atom is -0.491 e. The van der Waals surface area contributed by atoms with E-state index in [-0.39, 0.29) is 17.8 Å². The number of hydrogen-bond donors (Lipinski definition) is 0. The molecule has 3 nitrogen and oxygen atoms in total. The average Bonchev–Trinajstić information content (AvgIpc) is 2.81. The fraction of sp³-hybridized carbons (Fsp3) is 0.148. The lowest BCUT2D eigenvalue weighted by molar-refractivity contribution is 0.0568. The molecule has 4 aromatic rings. The highest BCUT2D eigenvalue weighted by Crippen LogP contribution is 2.28. The van der Waals surface area contributed by atoms with E-state index in [0.29, 0.717) is 30.9 Å². The third kappa shape index (κ3) is 3.89. The van der Waals surface area contributed by atoms with Gasteiger partial charge < -0.3 is 9.64 Å². The zero-order valence-corrected chi connectivity index (χ0v) is 17.0. The van der Waals surface area contributed by atoms with Crippen molar-refractivity contribution in [3.8, 4) is 5.75 Å². The maximum atomic E-state index is 13.7. The molecule has 4 heteroatoms. The van der Waals surface area contributed by atoms with Crippen molar-refractivity contribution in [1.82, 2.24) is 4.90 Å². The van der Waals surface area contributed by atoms with Crippen LogP contribution in [-0.2, 0) is 13.0 Å². The molecule has 1 aliphatic rings. The Bertz CT molecular complexity index is 1250. The Labute approximate surface area is 180 Å². The van der Waals surface area contributed by atoms with Crippen molar-refractivity contribution in [1.29, 1.82) is 0 Å². The molecule has 0 aliphatic carbocycles. The fourth-order valence-electron chi connectivity index (χ4n) is 4.29. The molecule has 31 heavy (non-hydrogen) atoms. The highest BCUT2D eigenvalue weighted by molar-refractivity contribution is 6.07. The van der Waals surface area contributed by atoms with E-state index in [1.165, 1.54) is 17.7 Å². The molecule has 1 amide bonds. The van der Waals surface area contributed by atoms with Crippen LogP contribution in [0.3, 0.4) is 0 Å². The first-order valence-electron chi connectivity index (χ1n) is 10.4. The number of carbonyl (C=O) groups is 1. The first kappa shape index (κ1) is 19.3. The predicted molar refractivity (Wildman–Crippen MR) is 120 cm³/mol. The van der Waals surface area contributed by atoms with Crippen molar-refractivity contribution in [2.45, 2.75) is 19.0 Å². The number of carbonyl (C=O) groups excluding carboxylic acids is 1. The van der Waals surface area contributed by atoms with Gasteiger partial charge in [-0.2, -0.15) is 0 Å². The summed E-state index contributed by atoms with van der Waals surface area (Å²) in [6.07, 6.45) is 0.696. The highest BCUT2D eigenvalue weighted by atomic mass is 19.1. The SMILES string of the molecule is O=C(c1cccc2ccccc12)N1Cc2ccccc2CC1COc1cccc(F)c1. The van der Waals surface area contributed by atoms with Crippen molar-refractivity contribution in [2.24, 2.45) is 0 Å². The monoisotopic (exact) mass is 411 g/mol. The Morgan fingerprint density at radius 2 is 1.65 bits per heavy atom. The Hall–Kier alpha value is -3.66. The molecule has 0 bridgehead atoms. The van der Waals surface area contributed by atoms with Crippen LogP contribution in [0.15, 0.2) is 91.0 Å². The zero-order valence-electron chi connectivity index (χ0n) is 17.0. The zero-order chi connectivity index (χ0) is 21.2. The van der Waals surface area contributed by atoms with E-state index in [1.54, 1.807) is 12.1 Å². The van der Waals surface area contributed by atoms with Gasteiger partial charge in [0, 0.05) is 18.2 Å². The maximum absolute atomic E-state index is 13.7. The molecule has 0 aromatic heterocycles. The molecular formula is C27H22FNO2. The van der Waals surface area contributed by atoms with E-state index in [0.717, 1.165) is 16.3 Å². The molecule has 0 radical (unpaired) electrons. The first-order chi connectivity index (χ1) is 15.2. The summed E-state index contributed by atoms with van der Waals surface area (Å²) in [4.78, 5) is 15.6. The average molecular weight is 411 g/mol. The minimum absolute atomic E-state index is 0.0147. The van der Waals surface area contributed by atoms with Crippen molar-refractivity contribution in [3.05, 3.63) is 114 Å². The lowest BCUT2D eigenvalue weighted by atomic mass is 9.93. The van der Waals surface area contributed by atoms with E-state index in [4.69, 9.17) is 4.74 Å². The summed E-state index contributed by atoms with van der Waals surface area (Å²) in [6.45, 7) is 0.823. The van der Waals surface area contributed by atoms with Gasteiger partial charge in [0.15, 0.2) is 0 Å². The number of fused-ring (bicyclic) bond motifs is 2. The summed E-state index contributed by atoms with van der Waals surface area (Å²) in [7, 11) is 0. The van der Waals surface area contributed by atoms with E-state index in [1.807, 2.05) is 59.5 Å². The summed E-state index contributed by atoms with van der Waals surface area (Å²) in [5, 5.41) is 1.98. The Kier molecular flexibility index (Phi) is 5.13. The molecule has 154 valence electrons. The first-order valence-corrected chi connectivity index (χ1v) is 10.4. The highest BCUT2D eigenvalue weighted by Gasteiger charge is 2.31. The fourth-order valence-corrected chi connectivity index (χ4v) is 4.29. The smallest absolute Gasteiger partial charge is 0.255 e. The predicted octanol–water partition coefficient (Wildman–Crippen LogP) is 5.63. The van der Waals surface area contributed by atoms with Crippen molar-refractivity contribution < 1.29 is 13.9 Å². The largest absolute Gasteiger partial charge is 0.491 e. The van der Waals surface area contributed by atoms with Gasteiger partial charge in [0.05, 0.1) is 6.04 Å². The lowest BCUT2D eigenvalue weighted by Crippen LogP contribution is -2.47. The number of halogens is 1. The van der Waals surface area contributed by atoms with Gasteiger partial charge in [-0.25, -0.2) is 4.39 Å². The molecule has 0 saturated carbocycles. The van der Waals surface area contributed by atoms with Crippen LogP contribution in [0.2, 0.25) is 0 Å². The normalized spacial score (nSPS) is 15.5. The summed E-state index contributed by atoms with van der Waals surface area (Å²) >= 11 is 0. The van der Waals surface area contributed by atoms with Crippen LogP contribution in [0.25, 0.3) is 10.8 Å². The van der Waals surface area contributed by atoms with E-state index in [9.17, 15) is 9.18 Å². The minimum atomic E-state index is -0.338. The van der Waals surface area contributed by atoms with Crippen LogP contribution >= 0.6 is 0 Å². The van der Waals surface area contributed by atoms with Gasteiger partial charge >= 0.3 is 0 Å². The topological polar surface area (TPSA) is 29.5 Å².